The van der Waals surface area contributed by atoms with Crippen LogP contribution in [0.25, 0.3) is 0 Å². The first-order valence-electron chi connectivity index (χ1n) is 11.6. The van der Waals surface area contributed by atoms with Crippen molar-refractivity contribution in [3.8, 4) is 5.75 Å². The van der Waals surface area contributed by atoms with Crippen LogP contribution in [0.5, 0.6) is 5.75 Å². The standard InChI is InChI=1S/C26H34N2O2/c1-29-24-12-9-20(15-23(24)17-27-13-5-6-14-27)16-28-18-25(21-7-3-2-4-8-21)30-26(19-28)22-10-11-22/h2-4,7-9,12,15,22,25-26H,5-6,10-11,13-14,16-19H2,1H3/t25-,26+/m0/s1. The van der Waals surface area contributed by atoms with Gasteiger partial charge in [0, 0.05) is 31.7 Å². The molecule has 30 heavy (non-hydrogen) atoms. The van der Waals surface area contributed by atoms with E-state index in [0.717, 1.165) is 37.8 Å². The third kappa shape index (κ3) is 4.72. The molecule has 2 aromatic carbocycles. The molecule has 5 rings (SSSR count). The largest absolute Gasteiger partial charge is 0.496 e. The molecular weight excluding hydrogens is 372 g/mol. The topological polar surface area (TPSA) is 24.9 Å². The molecule has 4 nitrogen and oxygen atoms in total. The predicted molar refractivity (Wildman–Crippen MR) is 120 cm³/mol. The molecule has 0 N–H and O–H groups in total. The molecule has 2 atom stereocenters. The summed E-state index contributed by atoms with van der Waals surface area (Å²) in [5.74, 6) is 1.77. The molecule has 0 amide bonds. The average molecular weight is 407 g/mol. The molecule has 2 aromatic rings. The van der Waals surface area contributed by atoms with Crippen molar-refractivity contribution in [1.82, 2.24) is 9.80 Å². The van der Waals surface area contributed by atoms with Crippen LogP contribution in [0.15, 0.2) is 48.5 Å². The van der Waals surface area contributed by atoms with Gasteiger partial charge in [-0.25, -0.2) is 0 Å². The Kier molecular flexibility index (Phi) is 6.07. The number of methoxy groups -OCH3 is 1. The van der Waals surface area contributed by atoms with Gasteiger partial charge in [0.2, 0.25) is 0 Å². The van der Waals surface area contributed by atoms with Gasteiger partial charge < -0.3 is 9.47 Å². The summed E-state index contributed by atoms with van der Waals surface area (Å²) in [6, 6.07) is 17.5. The summed E-state index contributed by atoms with van der Waals surface area (Å²) >= 11 is 0. The molecule has 3 fully saturated rings. The molecule has 1 aliphatic carbocycles. The van der Waals surface area contributed by atoms with Crippen molar-refractivity contribution in [3.05, 3.63) is 65.2 Å². The number of ether oxygens (including phenoxy) is 2. The normalized spacial score (nSPS) is 25.5. The third-order valence-electron chi connectivity index (χ3n) is 6.86. The quantitative estimate of drug-likeness (QED) is 0.669. The second kappa shape index (κ2) is 9.09. The van der Waals surface area contributed by atoms with Gasteiger partial charge in [-0.2, -0.15) is 0 Å². The zero-order valence-electron chi connectivity index (χ0n) is 18.1. The summed E-state index contributed by atoms with van der Waals surface area (Å²) in [6.45, 7) is 6.39. The van der Waals surface area contributed by atoms with Crippen molar-refractivity contribution in [1.29, 1.82) is 0 Å². The highest BCUT2D eigenvalue weighted by Gasteiger charge is 2.38. The maximum absolute atomic E-state index is 6.54. The van der Waals surface area contributed by atoms with E-state index in [2.05, 4.69) is 58.3 Å². The first kappa shape index (κ1) is 20.0. The Morgan fingerprint density at radius 3 is 2.47 bits per heavy atom. The zero-order valence-corrected chi connectivity index (χ0v) is 18.1. The van der Waals surface area contributed by atoms with Gasteiger partial charge in [0.15, 0.2) is 0 Å². The minimum absolute atomic E-state index is 0.174. The van der Waals surface area contributed by atoms with E-state index in [1.807, 2.05) is 0 Å². The molecule has 0 unspecified atom stereocenters. The van der Waals surface area contributed by atoms with E-state index in [-0.39, 0.29) is 6.10 Å². The summed E-state index contributed by atoms with van der Waals surface area (Å²) in [4.78, 5) is 5.15. The van der Waals surface area contributed by atoms with E-state index in [9.17, 15) is 0 Å². The van der Waals surface area contributed by atoms with Crippen LogP contribution in [0.3, 0.4) is 0 Å². The van der Waals surface area contributed by atoms with Crippen molar-refractivity contribution in [3.63, 3.8) is 0 Å². The molecule has 4 heteroatoms. The molecule has 0 aromatic heterocycles. The number of rotatable bonds is 7. The Labute approximate surface area is 180 Å². The summed E-state index contributed by atoms with van der Waals surface area (Å²) in [5, 5.41) is 0. The fourth-order valence-electron chi connectivity index (χ4n) is 5.06. The number of hydrogen-bond acceptors (Lipinski definition) is 4. The molecule has 0 bridgehead atoms. The average Bonchev–Trinajstić information content (AvgIpc) is 3.52. The van der Waals surface area contributed by atoms with E-state index in [0.29, 0.717) is 6.10 Å². The van der Waals surface area contributed by atoms with Crippen LogP contribution in [0, 0.1) is 5.92 Å². The summed E-state index contributed by atoms with van der Waals surface area (Å²) in [6.07, 6.45) is 5.82. The molecule has 2 saturated heterocycles. The Morgan fingerprint density at radius 2 is 1.73 bits per heavy atom. The van der Waals surface area contributed by atoms with Crippen LogP contribution >= 0.6 is 0 Å². The summed E-state index contributed by atoms with van der Waals surface area (Å²) in [5.41, 5.74) is 4.01. The molecule has 160 valence electrons. The monoisotopic (exact) mass is 406 g/mol. The molecule has 2 aliphatic heterocycles. The lowest BCUT2D eigenvalue weighted by Gasteiger charge is -2.38. The number of morpholine rings is 1. The van der Waals surface area contributed by atoms with E-state index >= 15 is 0 Å². The SMILES string of the molecule is COc1ccc(CN2C[C@@H](c3ccccc3)O[C@@H](C3CC3)C2)cc1CN1CCCC1. The highest BCUT2D eigenvalue weighted by atomic mass is 16.5. The number of likely N-dealkylation sites (tertiary alicyclic amines) is 1. The van der Waals surface area contributed by atoms with Crippen LogP contribution in [0.1, 0.15) is 48.5 Å². The molecule has 1 saturated carbocycles. The molecular formula is C26H34N2O2. The Bertz CT molecular complexity index is 830. The van der Waals surface area contributed by atoms with Gasteiger partial charge >= 0.3 is 0 Å². The maximum atomic E-state index is 6.54. The fraction of sp³-hybridized carbons (Fsp3) is 0.538. The lowest BCUT2D eigenvalue weighted by Crippen LogP contribution is -2.44. The van der Waals surface area contributed by atoms with Gasteiger partial charge in [0.1, 0.15) is 5.75 Å². The van der Waals surface area contributed by atoms with Gasteiger partial charge in [-0.1, -0.05) is 36.4 Å². The highest BCUT2D eigenvalue weighted by Crippen LogP contribution is 2.39. The number of nitrogens with zero attached hydrogens (tertiary/aromatic N) is 2. The van der Waals surface area contributed by atoms with Crippen LogP contribution in [-0.2, 0) is 17.8 Å². The zero-order chi connectivity index (χ0) is 20.3. The predicted octanol–water partition coefficient (Wildman–Crippen LogP) is 4.64. The van der Waals surface area contributed by atoms with Crippen LogP contribution in [0.2, 0.25) is 0 Å². The molecule has 0 radical (unpaired) electrons. The van der Waals surface area contributed by atoms with E-state index in [1.54, 1.807) is 7.11 Å². The number of benzene rings is 2. The first-order valence-corrected chi connectivity index (χ1v) is 11.6. The molecule has 0 spiro atoms. The summed E-state index contributed by atoms with van der Waals surface area (Å²) < 4.78 is 12.2. The second-order valence-corrected chi connectivity index (χ2v) is 9.23. The fourth-order valence-corrected chi connectivity index (χ4v) is 5.06. The number of hydrogen-bond donors (Lipinski definition) is 0. The Hall–Kier alpha value is -1.88. The minimum Gasteiger partial charge on any atom is -0.496 e. The van der Waals surface area contributed by atoms with Crippen molar-refractivity contribution < 1.29 is 9.47 Å². The van der Waals surface area contributed by atoms with Gasteiger partial charge in [-0.3, -0.25) is 9.80 Å². The van der Waals surface area contributed by atoms with Crippen LogP contribution < -0.4 is 4.74 Å². The van der Waals surface area contributed by atoms with Gasteiger partial charge in [-0.15, -0.1) is 0 Å². The van der Waals surface area contributed by atoms with E-state index < -0.39 is 0 Å². The first-order chi connectivity index (χ1) is 14.8. The van der Waals surface area contributed by atoms with Gasteiger partial charge in [-0.05, 0) is 68.0 Å². The lowest BCUT2D eigenvalue weighted by molar-refractivity contribution is -0.0986. The Balaban J connectivity index is 1.32. The summed E-state index contributed by atoms with van der Waals surface area (Å²) in [7, 11) is 1.79. The van der Waals surface area contributed by atoms with E-state index in [4.69, 9.17) is 9.47 Å². The van der Waals surface area contributed by atoms with Crippen molar-refractivity contribution in [2.24, 2.45) is 5.92 Å². The molecule has 2 heterocycles. The smallest absolute Gasteiger partial charge is 0.123 e. The van der Waals surface area contributed by atoms with Crippen LogP contribution in [-0.4, -0.2) is 49.2 Å². The minimum atomic E-state index is 0.174. The lowest BCUT2D eigenvalue weighted by atomic mass is 10.0. The Morgan fingerprint density at radius 1 is 0.933 bits per heavy atom. The van der Waals surface area contributed by atoms with Gasteiger partial charge in [0.05, 0.1) is 19.3 Å². The third-order valence-corrected chi connectivity index (χ3v) is 6.86. The van der Waals surface area contributed by atoms with Gasteiger partial charge in [0.25, 0.3) is 0 Å². The molecule has 3 aliphatic rings. The van der Waals surface area contributed by atoms with Crippen molar-refractivity contribution in [2.75, 3.05) is 33.3 Å². The van der Waals surface area contributed by atoms with Crippen LogP contribution in [0.4, 0.5) is 0 Å². The highest BCUT2D eigenvalue weighted by molar-refractivity contribution is 5.37. The second-order valence-electron chi connectivity index (χ2n) is 9.23. The van der Waals surface area contributed by atoms with Crippen molar-refractivity contribution >= 4 is 0 Å². The van der Waals surface area contributed by atoms with E-state index in [1.165, 1.54) is 55.5 Å². The van der Waals surface area contributed by atoms with Crippen molar-refractivity contribution in [2.45, 2.75) is 51.0 Å². The maximum Gasteiger partial charge on any atom is 0.123 e.